The molecule has 0 unspecified atom stereocenters. The second-order valence-corrected chi connectivity index (χ2v) is 6.35. The van der Waals surface area contributed by atoms with Gasteiger partial charge in [-0.2, -0.15) is 5.26 Å². The van der Waals surface area contributed by atoms with Gasteiger partial charge in [0.25, 0.3) is 5.22 Å². The Kier molecular flexibility index (Phi) is 5.74. The van der Waals surface area contributed by atoms with Gasteiger partial charge in [-0.3, -0.25) is 0 Å². The van der Waals surface area contributed by atoms with Crippen molar-refractivity contribution < 1.29 is 19.1 Å². The van der Waals surface area contributed by atoms with Gasteiger partial charge in [0, 0.05) is 16.9 Å². The number of fused-ring (bicyclic) bond motifs is 1. The summed E-state index contributed by atoms with van der Waals surface area (Å²) in [6.45, 7) is 1.70. The SMILES string of the molecule is CCc1nnc(S/C(=C\c2c(OCC#N)ccc3ccccc23)C(=O)[O-])o1. The van der Waals surface area contributed by atoms with Crippen LogP contribution >= 0.6 is 11.8 Å². The lowest BCUT2D eigenvalue weighted by molar-refractivity contribution is -0.298. The Morgan fingerprint density at radius 2 is 2.15 bits per heavy atom. The first-order valence-corrected chi connectivity index (χ1v) is 8.88. The Labute approximate surface area is 159 Å². The highest BCUT2D eigenvalue weighted by molar-refractivity contribution is 8.03. The fraction of sp³-hybridized carbons (Fsp3) is 0.158. The first kappa shape index (κ1) is 18.5. The Hall–Kier alpha value is -3.31. The number of hydrogen-bond acceptors (Lipinski definition) is 8. The highest BCUT2D eigenvalue weighted by Gasteiger charge is 2.13. The topological polar surface area (TPSA) is 112 Å². The summed E-state index contributed by atoms with van der Waals surface area (Å²) in [7, 11) is 0. The fourth-order valence-corrected chi connectivity index (χ4v) is 3.11. The minimum atomic E-state index is -1.38. The van der Waals surface area contributed by atoms with Crippen molar-refractivity contribution in [3.63, 3.8) is 0 Å². The summed E-state index contributed by atoms with van der Waals surface area (Å²) in [5, 5.41) is 29.9. The monoisotopic (exact) mass is 380 g/mol. The fourth-order valence-electron chi connectivity index (χ4n) is 2.44. The molecule has 1 heterocycles. The standard InChI is InChI=1S/C19H15N3O4S/c1-2-17-21-22-19(26-17)27-16(18(23)24)11-14-13-6-4-3-5-12(13)7-8-15(14)25-10-9-20/h3-8,11H,2,10H2,1H3,(H,23,24)/p-1/b16-11-. The lowest BCUT2D eigenvalue weighted by Gasteiger charge is -2.12. The molecule has 3 aromatic rings. The summed E-state index contributed by atoms with van der Waals surface area (Å²) in [5.41, 5.74) is 0.533. The molecule has 0 aliphatic heterocycles. The van der Waals surface area contributed by atoms with Gasteiger partial charge in [0.05, 0.1) is 5.97 Å². The van der Waals surface area contributed by atoms with Crippen LogP contribution in [0, 0.1) is 11.3 Å². The van der Waals surface area contributed by atoms with Gasteiger partial charge in [-0.05, 0) is 34.7 Å². The second-order valence-electron chi connectivity index (χ2n) is 5.36. The molecule has 7 nitrogen and oxygen atoms in total. The molecular weight excluding hydrogens is 366 g/mol. The smallest absolute Gasteiger partial charge is 0.281 e. The molecule has 2 aromatic carbocycles. The average molecular weight is 380 g/mol. The van der Waals surface area contributed by atoms with E-state index in [1.54, 1.807) is 6.07 Å². The van der Waals surface area contributed by atoms with E-state index in [2.05, 4.69) is 10.2 Å². The minimum absolute atomic E-state index is 0.112. The van der Waals surface area contributed by atoms with Gasteiger partial charge in [0.15, 0.2) is 6.61 Å². The average Bonchev–Trinajstić information content (AvgIpc) is 3.14. The maximum atomic E-state index is 11.7. The van der Waals surface area contributed by atoms with Crippen LogP contribution in [0.25, 0.3) is 16.8 Å². The summed E-state index contributed by atoms with van der Waals surface area (Å²) in [6, 6.07) is 12.9. The Morgan fingerprint density at radius 1 is 1.33 bits per heavy atom. The van der Waals surface area contributed by atoms with E-state index in [0.29, 0.717) is 23.6 Å². The van der Waals surface area contributed by atoms with Gasteiger partial charge in [0.1, 0.15) is 11.8 Å². The van der Waals surface area contributed by atoms with Crippen LogP contribution in [0.4, 0.5) is 0 Å². The summed E-state index contributed by atoms with van der Waals surface area (Å²) >= 11 is 0.807. The number of rotatable bonds is 7. The summed E-state index contributed by atoms with van der Waals surface area (Å²) in [4.78, 5) is 11.6. The van der Waals surface area contributed by atoms with Crippen molar-refractivity contribution in [2.75, 3.05) is 6.61 Å². The van der Waals surface area contributed by atoms with Gasteiger partial charge in [-0.25, -0.2) is 0 Å². The van der Waals surface area contributed by atoms with Crippen molar-refractivity contribution in [1.82, 2.24) is 10.2 Å². The van der Waals surface area contributed by atoms with E-state index >= 15 is 0 Å². The lowest BCUT2D eigenvalue weighted by Crippen LogP contribution is -2.23. The van der Waals surface area contributed by atoms with Gasteiger partial charge in [-0.15, -0.1) is 10.2 Å². The zero-order chi connectivity index (χ0) is 19.2. The molecule has 0 aliphatic rings. The molecule has 0 aliphatic carbocycles. The van der Waals surface area contributed by atoms with Crippen LogP contribution in [0.1, 0.15) is 18.4 Å². The molecule has 0 N–H and O–H groups in total. The molecule has 0 radical (unpaired) electrons. The van der Waals surface area contributed by atoms with Gasteiger partial charge < -0.3 is 19.1 Å². The van der Waals surface area contributed by atoms with Crippen molar-refractivity contribution >= 4 is 34.6 Å². The number of nitriles is 1. The number of nitrogens with zero attached hydrogens (tertiary/aromatic N) is 3. The van der Waals surface area contributed by atoms with Crippen LogP contribution in [-0.2, 0) is 11.2 Å². The van der Waals surface area contributed by atoms with Gasteiger partial charge in [-0.1, -0.05) is 37.3 Å². The number of carbonyl (C=O) groups excluding carboxylic acids is 1. The number of aliphatic carboxylic acids is 1. The Morgan fingerprint density at radius 3 is 2.85 bits per heavy atom. The van der Waals surface area contributed by atoms with E-state index < -0.39 is 5.97 Å². The predicted molar refractivity (Wildman–Crippen MR) is 97.6 cm³/mol. The normalized spacial score (nSPS) is 11.3. The number of aromatic nitrogens is 2. The molecule has 0 spiro atoms. The van der Waals surface area contributed by atoms with E-state index in [-0.39, 0.29) is 16.7 Å². The molecule has 8 heteroatoms. The molecule has 1 aromatic heterocycles. The van der Waals surface area contributed by atoms with Gasteiger partial charge in [0.2, 0.25) is 5.89 Å². The van der Waals surface area contributed by atoms with Crippen LogP contribution in [0.3, 0.4) is 0 Å². The highest BCUT2D eigenvalue weighted by Crippen LogP contribution is 2.34. The first-order valence-electron chi connectivity index (χ1n) is 8.07. The summed E-state index contributed by atoms with van der Waals surface area (Å²) in [6.07, 6.45) is 1.98. The molecular formula is C19H14N3O4S-. The van der Waals surface area contributed by atoms with Crippen LogP contribution in [-0.4, -0.2) is 22.8 Å². The van der Waals surface area contributed by atoms with Crippen LogP contribution in [0.2, 0.25) is 0 Å². The maximum Gasteiger partial charge on any atom is 0.281 e. The van der Waals surface area contributed by atoms with E-state index in [1.807, 2.05) is 43.3 Å². The Balaban J connectivity index is 2.08. The van der Waals surface area contributed by atoms with Crippen molar-refractivity contribution in [2.24, 2.45) is 0 Å². The molecule has 0 fully saturated rings. The van der Waals surface area contributed by atoms with Crippen molar-refractivity contribution in [2.45, 2.75) is 18.6 Å². The molecule has 0 bridgehead atoms. The van der Waals surface area contributed by atoms with Crippen LogP contribution in [0.15, 0.2) is 50.9 Å². The number of hydrogen-bond donors (Lipinski definition) is 0. The lowest BCUT2D eigenvalue weighted by atomic mass is 10.0. The van der Waals surface area contributed by atoms with Crippen molar-refractivity contribution in [1.29, 1.82) is 5.26 Å². The zero-order valence-corrected chi connectivity index (χ0v) is 15.2. The van der Waals surface area contributed by atoms with E-state index in [9.17, 15) is 9.90 Å². The minimum Gasteiger partial charge on any atom is -0.544 e. The molecule has 3 rings (SSSR count). The molecule has 0 amide bonds. The van der Waals surface area contributed by atoms with Gasteiger partial charge >= 0.3 is 0 Å². The van der Waals surface area contributed by atoms with E-state index in [1.165, 1.54) is 6.08 Å². The van der Waals surface area contributed by atoms with Crippen LogP contribution < -0.4 is 9.84 Å². The maximum absolute atomic E-state index is 11.7. The largest absolute Gasteiger partial charge is 0.544 e. The van der Waals surface area contributed by atoms with Crippen LogP contribution in [0.5, 0.6) is 5.75 Å². The number of thioether (sulfide) groups is 1. The number of carbonyl (C=O) groups is 1. The van der Waals surface area contributed by atoms with E-state index in [4.69, 9.17) is 14.4 Å². The molecule has 136 valence electrons. The van der Waals surface area contributed by atoms with Crippen molar-refractivity contribution in [3.8, 4) is 11.8 Å². The molecule has 0 atom stereocenters. The predicted octanol–water partition coefficient (Wildman–Crippen LogP) is 2.57. The number of benzene rings is 2. The van der Waals surface area contributed by atoms with E-state index in [0.717, 1.165) is 22.5 Å². The first-order chi connectivity index (χ1) is 13.1. The summed E-state index contributed by atoms with van der Waals surface area (Å²) < 4.78 is 10.8. The zero-order valence-electron chi connectivity index (χ0n) is 14.3. The third-order valence-electron chi connectivity index (χ3n) is 3.65. The van der Waals surface area contributed by atoms with Crippen molar-refractivity contribution in [3.05, 3.63) is 52.8 Å². The number of ether oxygens (including phenoxy) is 1. The number of carboxylic acid groups (broad SMARTS) is 1. The number of aryl methyl sites for hydroxylation is 1. The molecule has 0 saturated heterocycles. The summed E-state index contributed by atoms with van der Waals surface area (Å²) in [5.74, 6) is -0.566. The second kappa shape index (κ2) is 8.38. The highest BCUT2D eigenvalue weighted by atomic mass is 32.2. The Bertz CT molecular complexity index is 1050. The number of carboxylic acids is 1. The quantitative estimate of drug-likeness (QED) is 0.454. The third kappa shape index (κ3) is 4.27. The molecule has 27 heavy (non-hydrogen) atoms. The third-order valence-corrected chi connectivity index (χ3v) is 4.49. The molecule has 0 saturated carbocycles.